The van der Waals surface area contributed by atoms with E-state index in [-0.39, 0.29) is 5.92 Å². The van der Waals surface area contributed by atoms with Crippen LogP contribution in [0.1, 0.15) is 53.6 Å². The van der Waals surface area contributed by atoms with Crippen molar-refractivity contribution in [3.8, 4) is 5.75 Å². The molecule has 0 spiro atoms. The van der Waals surface area contributed by atoms with Crippen molar-refractivity contribution in [2.45, 2.75) is 52.5 Å². The Labute approximate surface area is 167 Å². The van der Waals surface area contributed by atoms with E-state index in [0.717, 1.165) is 47.2 Å². The molecule has 0 atom stereocenters. The summed E-state index contributed by atoms with van der Waals surface area (Å²) in [4.78, 5) is 13.2. The molecule has 3 aromatic rings. The van der Waals surface area contributed by atoms with E-state index >= 15 is 0 Å². The number of fused-ring (bicyclic) bond motifs is 1. The number of benzene rings is 2. The first-order valence-electron chi connectivity index (χ1n) is 10.5. The van der Waals surface area contributed by atoms with E-state index in [1.165, 1.54) is 24.8 Å². The van der Waals surface area contributed by atoms with Gasteiger partial charge in [0.1, 0.15) is 12.4 Å². The number of aryl methyl sites for hydroxylation is 2. The van der Waals surface area contributed by atoms with Gasteiger partial charge < -0.3 is 9.30 Å². The molecule has 0 amide bonds. The molecule has 0 aliphatic heterocycles. The number of hydrogen-bond donors (Lipinski definition) is 0. The fourth-order valence-corrected chi connectivity index (χ4v) is 4.33. The lowest BCUT2D eigenvalue weighted by Crippen LogP contribution is -2.17. The van der Waals surface area contributed by atoms with Crippen LogP contribution < -0.4 is 4.74 Å². The summed E-state index contributed by atoms with van der Waals surface area (Å²) in [5, 5.41) is 1.07. The largest absolute Gasteiger partial charge is 0.491 e. The summed E-state index contributed by atoms with van der Waals surface area (Å²) in [6.45, 7) is 5.46. The van der Waals surface area contributed by atoms with E-state index < -0.39 is 0 Å². The fourth-order valence-electron chi connectivity index (χ4n) is 4.33. The highest BCUT2D eigenvalue weighted by atomic mass is 16.5. The maximum Gasteiger partial charge on any atom is 0.168 e. The SMILES string of the molecule is Cc1ccc(C)c(OCCn2cc(C(=O)C3CCCCC3)c3ccccc32)c1. The Morgan fingerprint density at radius 1 is 1.07 bits per heavy atom. The highest BCUT2D eigenvalue weighted by Crippen LogP contribution is 2.30. The molecule has 1 aliphatic rings. The Hall–Kier alpha value is -2.55. The number of para-hydroxylation sites is 1. The molecule has 1 aliphatic carbocycles. The van der Waals surface area contributed by atoms with Gasteiger partial charge in [-0.2, -0.15) is 0 Å². The number of hydrogen-bond acceptors (Lipinski definition) is 2. The Bertz CT molecular complexity index is 979. The van der Waals surface area contributed by atoms with Crippen LogP contribution in [0.5, 0.6) is 5.75 Å². The lowest BCUT2D eigenvalue weighted by Gasteiger charge is -2.19. The van der Waals surface area contributed by atoms with Crippen LogP contribution in [-0.4, -0.2) is 17.0 Å². The minimum absolute atomic E-state index is 0.194. The first-order chi connectivity index (χ1) is 13.6. The molecule has 0 bridgehead atoms. The van der Waals surface area contributed by atoms with Crippen LogP contribution in [0.15, 0.2) is 48.7 Å². The van der Waals surface area contributed by atoms with Crippen molar-refractivity contribution in [2.75, 3.05) is 6.61 Å². The molecule has 4 rings (SSSR count). The Balaban J connectivity index is 1.54. The third-order valence-corrected chi connectivity index (χ3v) is 5.96. The smallest absolute Gasteiger partial charge is 0.168 e. The molecule has 146 valence electrons. The normalized spacial score (nSPS) is 15.1. The van der Waals surface area contributed by atoms with Gasteiger partial charge in [-0.1, -0.05) is 49.6 Å². The minimum Gasteiger partial charge on any atom is -0.491 e. The lowest BCUT2D eigenvalue weighted by atomic mass is 9.84. The average molecular weight is 376 g/mol. The minimum atomic E-state index is 0.194. The zero-order chi connectivity index (χ0) is 19.5. The van der Waals surface area contributed by atoms with Crippen LogP contribution in [0.3, 0.4) is 0 Å². The average Bonchev–Trinajstić information content (AvgIpc) is 3.09. The van der Waals surface area contributed by atoms with E-state index in [0.29, 0.717) is 12.4 Å². The van der Waals surface area contributed by atoms with Gasteiger partial charge in [0, 0.05) is 28.6 Å². The fraction of sp³-hybridized carbons (Fsp3) is 0.400. The van der Waals surface area contributed by atoms with Crippen molar-refractivity contribution in [1.82, 2.24) is 4.57 Å². The monoisotopic (exact) mass is 375 g/mol. The predicted octanol–water partition coefficient (Wildman–Crippen LogP) is 6.10. The number of ether oxygens (including phenoxy) is 1. The summed E-state index contributed by atoms with van der Waals surface area (Å²) < 4.78 is 8.23. The summed E-state index contributed by atoms with van der Waals surface area (Å²) in [7, 11) is 0. The molecule has 1 aromatic heterocycles. The van der Waals surface area contributed by atoms with Gasteiger partial charge >= 0.3 is 0 Å². The number of aromatic nitrogens is 1. The Morgan fingerprint density at radius 2 is 1.86 bits per heavy atom. The summed E-state index contributed by atoms with van der Waals surface area (Å²) >= 11 is 0. The van der Waals surface area contributed by atoms with Gasteiger partial charge in [-0.3, -0.25) is 4.79 Å². The first kappa shape index (κ1) is 18.8. The summed E-state index contributed by atoms with van der Waals surface area (Å²) in [5.74, 6) is 1.46. The second-order valence-electron chi connectivity index (χ2n) is 8.07. The van der Waals surface area contributed by atoms with E-state index in [1.54, 1.807) is 0 Å². The van der Waals surface area contributed by atoms with Crippen molar-refractivity contribution in [1.29, 1.82) is 0 Å². The van der Waals surface area contributed by atoms with E-state index in [4.69, 9.17) is 4.74 Å². The second kappa shape index (κ2) is 8.22. The quantitative estimate of drug-likeness (QED) is 0.487. The maximum atomic E-state index is 13.2. The van der Waals surface area contributed by atoms with Crippen molar-refractivity contribution >= 4 is 16.7 Å². The summed E-state index contributed by atoms with van der Waals surface area (Å²) in [6, 6.07) is 14.5. The van der Waals surface area contributed by atoms with Crippen LogP contribution in [-0.2, 0) is 6.54 Å². The number of ketones is 1. The van der Waals surface area contributed by atoms with Gasteiger partial charge in [0.15, 0.2) is 5.78 Å². The number of rotatable bonds is 6. The van der Waals surface area contributed by atoms with Gasteiger partial charge in [-0.15, -0.1) is 0 Å². The molecule has 0 N–H and O–H groups in total. The lowest BCUT2D eigenvalue weighted by molar-refractivity contribution is 0.0891. The Kier molecular flexibility index (Phi) is 5.52. The van der Waals surface area contributed by atoms with Crippen molar-refractivity contribution < 1.29 is 9.53 Å². The van der Waals surface area contributed by atoms with Gasteiger partial charge in [0.2, 0.25) is 0 Å². The molecule has 1 saturated carbocycles. The van der Waals surface area contributed by atoms with E-state index in [2.05, 4.69) is 48.7 Å². The molecule has 3 heteroatoms. The molecule has 1 heterocycles. The van der Waals surface area contributed by atoms with Crippen molar-refractivity contribution in [3.63, 3.8) is 0 Å². The zero-order valence-corrected chi connectivity index (χ0v) is 16.9. The van der Waals surface area contributed by atoms with Crippen molar-refractivity contribution in [2.24, 2.45) is 5.92 Å². The molecule has 0 radical (unpaired) electrons. The number of Topliss-reactive ketones (excluding diaryl/α,β-unsaturated/α-hetero) is 1. The molecule has 3 nitrogen and oxygen atoms in total. The third kappa shape index (κ3) is 3.84. The maximum absolute atomic E-state index is 13.2. The van der Waals surface area contributed by atoms with Crippen LogP contribution >= 0.6 is 0 Å². The highest BCUT2D eigenvalue weighted by molar-refractivity contribution is 6.09. The number of nitrogens with zero attached hydrogens (tertiary/aromatic N) is 1. The topological polar surface area (TPSA) is 31.2 Å². The zero-order valence-electron chi connectivity index (χ0n) is 16.9. The van der Waals surface area contributed by atoms with Crippen LogP contribution in [0.2, 0.25) is 0 Å². The molecular weight excluding hydrogens is 346 g/mol. The molecule has 2 aromatic carbocycles. The van der Waals surface area contributed by atoms with Crippen LogP contribution in [0.4, 0.5) is 0 Å². The standard InChI is InChI=1S/C25H29NO2/c1-18-12-13-19(2)24(16-18)28-15-14-26-17-22(21-10-6-7-11-23(21)26)25(27)20-8-4-3-5-9-20/h6-7,10-13,16-17,20H,3-5,8-9,14-15H2,1-2H3. The third-order valence-electron chi connectivity index (χ3n) is 5.96. The summed E-state index contributed by atoms with van der Waals surface area (Å²) in [5.41, 5.74) is 4.35. The molecule has 0 unspecified atom stereocenters. The number of carbonyl (C=O) groups is 1. The van der Waals surface area contributed by atoms with E-state index in [1.807, 2.05) is 18.3 Å². The predicted molar refractivity (Wildman–Crippen MR) is 114 cm³/mol. The van der Waals surface area contributed by atoms with Gasteiger partial charge in [0.25, 0.3) is 0 Å². The highest BCUT2D eigenvalue weighted by Gasteiger charge is 2.25. The number of carbonyl (C=O) groups excluding carboxylic acids is 1. The molecular formula is C25H29NO2. The first-order valence-corrected chi connectivity index (χ1v) is 10.5. The van der Waals surface area contributed by atoms with Crippen molar-refractivity contribution in [3.05, 3.63) is 65.4 Å². The van der Waals surface area contributed by atoms with Crippen LogP contribution in [0.25, 0.3) is 10.9 Å². The van der Waals surface area contributed by atoms with Gasteiger partial charge in [0.05, 0.1) is 6.54 Å². The van der Waals surface area contributed by atoms with Crippen LogP contribution in [0, 0.1) is 19.8 Å². The van der Waals surface area contributed by atoms with Gasteiger partial charge in [-0.25, -0.2) is 0 Å². The van der Waals surface area contributed by atoms with E-state index in [9.17, 15) is 4.79 Å². The summed E-state index contributed by atoms with van der Waals surface area (Å²) in [6.07, 6.45) is 7.74. The Morgan fingerprint density at radius 3 is 2.68 bits per heavy atom. The molecule has 28 heavy (non-hydrogen) atoms. The molecule has 0 saturated heterocycles. The van der Waals surface area contributed by atoms with Gasteiger partial charge in [-0.05, 0) is 49.9 Å². The molecule has 1 fully saturated rings. The second-order valence-corrected chi connectivity index (χ2v) is 8.07.